The zero-order chi connectivity index (χ0) is 17.1. The number of nitrogens with two attached hydrogens (primary N) is 1. The first kappa shape index (κ1) is 15.4. The maximum atomic E-state index is 10.7. The number of hydrogen-bond donors (Lipinski definition) is 3. The molecule has 0 fully saturated rings. The van der Waals surface area contributed by atoms with Gasteiger partial charge in [-0.05, 0) is 30.3 Å². The number of benzene rings is 3. The monoisotopic (exact) mass is 321 g/mol. The SMILES string of the molecule is Nc1ccc(O)c2ccccc12.O=c1ccc2ccc(O)cc2o1. The normalized spacial score (nSPS) is 10.3. The maximum absolute atomic E-state index is 10.7. The van der Waals surface area contributed by atoms with Crippen molar-refractivity contribution in [2.75, 3.05) is 5.73 Å². The molecule has 0 bridgehead atoms. The minimum atomic E-state index is -0.409. The van der Waals surface area contributed by atoms with Crippen molar-refractivity contribution in [3.63, 3.8) is 0 Å². The van der Waals surface area contributed by atoms with Crippen LogP contribution in [-0.4, -0.2) is 10.2 Å². The summed E-state index contributed by atoms with van der Waals surface area (Å²) in [7, 11) is 0. The summed E-state index contributed by atoms with van der Waals surface area (Å²) in [6.07, 6.45) is 0. The summed E-state index contributed by atoms with van der Waals surface area (Å²) >= 11 is 0. The van der Waals surface area contributed by atoms with Crippen molar-refractivity contribution in [1.29, 1.82) is 0 Å². The van der Waals surface area contributed by atoms with Crippen molar-refractivity contribution in [3.05, 3.63) is 77.2 Å². The third-order valence-electron chi connectivity index (χ3n) is 3.54. The second-order valence-corrected chi connectivity index (χ2v) is 5.20. The Balaban J connectivity index is 0.000000141. The molecule has 1 heterocycles. The molecule has 24 heavy (non-hydrogen) atoms. The van der Waals surface area contributed by atoms with E-state index < -0.39 is 5.63 Å². The van der Waals surface area contributed by atoms with E-state index in [2.05, 4.69) is 0 Å². The Kier molecular flexibility index (Phi) is 4.07. The molecule has 0 radical (unpaired) electrons. The van der Waals surface area contributed by atoms with E-state index in [4.69, 9.17) is 15.3 Å². The van der Waals surface area contributed by atoms with Gasteiger partial charge in [0.05, 0.1) is 0 Å². The lowest BCUT2D eigenvalue weighted by Gasteiger charge is -2.02. The zero-order valence-corrected chi connectivity index (χ0v) is 12.6. The zero-order valence-electron chi connectivity index (χ0n) is 12.6. The van der Waals surface area contributed by atoms with E-state index >= 15 is 0 Å². The van der Waals surface area contributed by atoms with E-state index in [9.17, 15) is 9.90 Å². The fourth-order valence-corrected chi connectivity index (χ4v) is 2.36. The van der Waals surface area contributed by atoms with Crippen molar-refractivity contribution in [1.82, 2.24) is 0 Å². The van der Waals surface area contributed by atoms with Gasteiger partial charge >= 0.3 is 5.63 Å². The molecule has 3 aromatic carbocycles. The first-order valence-corrected chi connectivity index (χ1v) is 7.24. The average molecular weight is 321 g/mol. The number of hydrogen-bond acceptors (Lipinski definition) is 5. The second-order valence-electron chi connectivity index (χ2n) is 5.20. The molecule has 0 saturated heterocycles. The smallest absolute Gasteiger partial charge is 0.336 e. The van der Waals surface area contributed by atoms with Crippen LogP contribution in [0.4, 0.5) is 5.69 Å². The van der Waals surface area contributed by atoms with Gasteiger partial charge < -0.3 is 20.4 Å². The molecule has 0 amide bonds. The molecule has 0 atom stereocenters. The molecular weight excluding hydrogens is 306 g/mol. The molecule has 0 aliphatic heterocycles. The summed E-state index contributed by atoms with van der Waals surface area (Å²) in [6.45, 7) is 0. The first-order chi connectivity index (χ1) is 11.5. The highest BCUT2D eigenvalue weighted by molar-refractivity contribution is 5.96. The summed E-state index contributed by atoms with van der Waals surface area (Å²) < 4.78 is 4.83. The summed E-state index contributed by atoms with van der Waals surface area (Å²) in [4.78, 5) is 10.7. The van der Waals surface area contributed by atoms with Crippen LogP contribution in [0.1, 0.15) is 0 Å². The number of nitrogen functional groups attached to an aromatic ring is 1. The van der Waals surface area contributed by atoms with Crippen molar-refractivity contribution in [2.45, 2.75) is 0 Å². The van der Waals surface area contributed by atoms with Crippen molar-refractivity contribution >= 4 is 27.4 Å². The standard InChI is InChI=1S/C10H9NO.C9H6O3/c11-9-5-6-10(12)8-4-2-1-3-7(8)9;10-7-3-1-6-2-4-9(11)12-8(6)5-7/h1-6,12H,11H2;1-5,10H. The molecule has 0 aliphatic carbocycles. The van der Waals surface area contributed by atoms with Crippen LogP contribution in [0, 0.1) is 0 Å². The van der Waals surface area contributed by atoms with Crippen LogP contribution in [0.3, 0.4) is 0 Å². The van der Waals surface area contributed by atoms with E-state index in [1.807, 2.05) is 24.3 Å². The van der Waals surface area contributed by atoms with Crippen molar-refractivity contribution in [3.8, 4) is 11.5 Å². The van der Waals surface area contributed by atoms with Gasteiger partial charge in [-0.2, -0.15) is 0 Å². The van der Waals surface area contributed by atoms with Gasteiger partial charge in [0.25, 0.3) is 0 Å². The Labute approximate surface area is 137 Å². The molecule has 0 saturated carbocycles. The summed E-state index contributed by atoms with van der Waals surface area (Å²) in [5.41, 5.74) is 6.41. The van der Waals surface area contributed by atoms with Gasteiger partial charge in [0.1, 0.15) is 17.1 Å². The van der Waals surface area contributed by atoms with Gasteiger partial charge in [-0.15, -0.1) is 0 Å². The topological polar surface area (TPSA) is 96.7 Å². The van der Waals surface area contributed by atoms with E-state index in [0.717, 1.165) is 16.2 Å². The lowest BCUT2D eigenvalue weighted by molar-refractivity contribution is 0.473. The van der Waals surface area contributed by atoms with Gasteiger partial charge in [-0.25, -0.2) is 4.79 Å². The fraction of sp³-hybridized carbons (Fsp3) is 0. The number of aromatic hydroxyl groups is 2. The van der Waals surface area contributed by atoms with Gasteiger partial charge in [-0.3, -0.25) is 0 Å². The third-order valence-corrected chi connectivity index (χ3v) is 3.54. The summed E-state index contributed by atoms with van der Waals surface area (Å²) in [5, 5.41) is 21.0. The number of anilines is 1. The van der Waals surface area contributed by atoms with Gasteiger partial charge in [0, 0.05) is 34.0 Å². The van der Waals surface area contributed by atoms with Crippen LogP contribution in [0.15, 0.2) is 75.9 Å². The minimum absolute atomic E-state index is 0.0943. The fourth-order valence-electron chi connectivity index (χ4n) is 2.36. The average Bonchev–Trinajstić information content (AvgIpc) is 2.59. The Morgan fingerprint density at radius 1 is 0.833 bits per heavy atom. The van der Waals surface area contributed by atoms with Gasteiger partial charge in [-0.1, -0.05) is 24.3 Å². The molecule has 4 rings (SSSR count). The number of rotatable bonds is 0. The first-order valence-electron chi connectivity index (χ1n) is 7.24. The van der Waals surface area contributed by atoms with Crippen molar-refractivity contribution < 1.29 is 14.6 Å². The molecule has 1 aromatic heterocycles. The third kappa shape index (κ3) is 3.15. The Morgan fingerprint density at radius 2 is 1.54 bits per heavy atom. The largest absolute Gasteiger partial charge is 0.508 e. The van der Waals surface area contributed by atoms with E-state index in [-0.39, 0.29) is 11.5 Å². The predicted octanol–water partition coefficient (Wildman–Crippen LogP) is 3.63. The Hall–Kier alpha value is -3.47. The molecule has 120 valence electrons. The van der Waals surface area contributed by atoms with E-state index in [1.54, 1.807) is 30.3 Å². The quantitative estimate of drug-likeness (QED) is 0.261. The number of fused-ring (bicyclic) bond motifs is 2. The molecule has 4 aromatic rings. The van der Waals surface area contributed by atoms with Crippen LogP contribution < -0.4 is 11.4 Å². The molecule has 0 spiro atoms. The molecule has 5 nitrogen and oxygen atoms in total. The van der Waals surface area contributed by atoms with E-state index in [0.29, 0.717) is 11.3 Å². The highest BCUT2D eigenvalue weighted by Crippen LogP contribution is 2.28. The van der Waals surface area contributed by atoms with Crippen LogP contribution in [0.25, 0.3) is 21.7 Å². The molecule has 4 N–H and O–H groups in total. The van der Waals surface area contributed by atoms with Crippen LogP contribution >= 0.6 is 0 Å². The van der Waals surface area contributed by atoms with Gasteiger partial charge in [0.2, 0.25) is 0 Å². The molecule has 0 unspecified atom stereocenters. The Bertz CT molecular complexity index is 1030. The van der Waals surface area contributed by atoms with Crippen molar-refractivity contribution in [2.24, 2.45) is 0 Å². The minimum Gasteiger partial charge on any atom is -0.508 e. The second kappa shape index (κ2) is 6.34. The highest BCUT2D eigenvalue weighted by atomic mass is 16.4. The van der Waals surface area contributed by atoms with E-state index in [1.165, 1.54) is 12.1 Å². The molecule has 5 heteroatoms. The highest BCUT2D eigenvalue weighted by Gasteiger charge is 2.00. The van der Waals surface area contributed by atoms with Crippen LogP contribution in [0.2, 0.25) is 0 Å². The van der Waals surface area contributed by atoms with Gasteiger partial charge in [0.15, 0.2) is 0 Å². The lowest BCUT2D eigenvalue weighted by Crippen LogP contribution is -1.93. The summed E-state index contributed by atoms with van der Waals surface area (Å²) in [5.74, 6) is 0.372. The number of phenolic OH excluding ortho intramolecular Hbond substituents is 2. The number of phenols is 2. The summed E-state index contributed by atoms with van der Waals surface area (Å²) in [6, 6.07) is 18.5. The predicted molar refractivity (Wildman–Crippen MR) is 94.2 cm³/mol. The van der Waals surface area contributed by atoms with Crippen LogP contribution in [0.5, 0.6) is 11.5 Å². The lowest BCUT2D eigenvalue weighted by atomic mass is 10.1. The molecule has 0 aliphatic rings. The molecular formula is C19H15NO4. The maximum Gasteiger partial charge on any atom is 0.336 e. The Morgan fingerprint density at radius 3 is 2.29 bits per heavy atom. The van der Waals surface area contributed by atoms with Crippen LogP contribution in [-0.2, 0) is 0 Å².